The van der Waals surface area contributed by atoms with Crippen molar-refractivity contribution in [2.75, 3.05) is 6.26 Å². The van der Waals surface area contributed by atoms with E-state index < -0.39 is 9.84 Å². The molecule has 3 atom stereocenters. The van der Waals surface area contributed by atoms with Gasteiger partial charge in [0.25, 0.3) is 0 Å². The molecule has 1 aromatic carbocycles. The molecule has 1 fully saturated rings. The van der Waals surface area contributed by atoms with Crippen molar-refractivity contribution in [2.45, 2.75) is 56.2 Å². The Morgan fingerprint density at radius 2 is 1.95 bits per heavy atom. The van der Waals surface area contributed by atoms with E-state index in [1.54, 1.807) is 0 Å². The zero-order chi connectivity index (χ0) is 15.3. The van der Waals surface area contributed by atoms with E-state index in [9.17, 15) is 8.42 Å². The fourth-order valence-corrected chi connectivity index (χ4v) is 4.57. The van der Waals surface area contributed by atoms with Crippen molar-refractivity contribution in [3.8, 4) is 0 Å². The lowest BCUT2D eigenvalue weighted by Gasteiger charge is -2.32. The van der Waals surface area contributed by atoms with Gasteiger partial charge in [0.05, 0.1) is 5.25 Å². The number of benzene rings is 1. The van der Waals surface area contributed by atoms with Crippen LogP contribution in [0, 0.1) is 5.92 Å². The zero-order valence-corrected chi connectivity index (χ0v) is 13.7. The fourth-order valence-electron chi connectivity index (χ4n) is 3.38. The molecule has 0 spiro atoms. The zero-order valence-electron chi connectivity index (χ0n) is 12.9. The van der Waals surface area contributed by atoms with E-state index in [1.165, 1.54) is 11.8 Å². The molecule has 2 N–H and O–H groups in total. The molecule has 4 heteroatoms. The van der Waals surface area contributed by atoms with Gasteiger partial charge in [-0.05, 0) is 50.0 Å². The second-order valence-corrected chi connectivity index (χ2v) is 8.75. The SMILES string of the molecule is CS(=O)(=O)C1CCCC(C(N)CCCc2ccccc2)C1. The van der Waals surface area contributed by atoms with Crippen LogP contribution < -0.4 is 5.73 Å². The maximum atomic E-state index is 11.7. The van der Waals surface area contributed by atoms with Crippen molar-refractivity contribution < 1.29 is 8.42 Å². The third kappa shape index (κ3) is 5.11. The molecule has 0 radical (unpaired) electrons. The number of rotatable bonds is 6. The summed E-state index contributed by atoms with van der Waals surface area (Å²) >= 11 is 0. The van der Waals surface area contributed by atoms with Gasteiger partial charge < -0.3 is 5.73 Å². The fraction of sp³-hybridized carbons (Fsp3) is 0.647. The minimum absolute atomic E-state index is 0.137. The molecule has 118 valence electrons. The van der Waals surface area contributed by atoms with Gasteiger partial charge in [0.1, 0.15) is 9.84 Å². The van der Waals surface area contributed by atoms with Crippen molar-refractivity contribution >= 4 is 9.84 Å². The Balaban J connectivity index is 1.79. The van der Waals surface area contributed by atoms with E-state index in [0.29, 0.717) is 5.92 Å². The molecular formula is C17H27NO2S. The summed E-state index contributed by atoms with van der Waals surface area (Å²) in [6.07, 6.45) is 8.11. The lowest BCUT2D eigenvalue weighted by molar-refractivity contribution is 0.293. The van der Waals surface area contributed by atoms with Crippen LogP contribution in [0.5, 0.6) is 0 Å². The van der Waals surface area contributed by atoms with Crippen molar-refractivity contribution in [1.82, 2.24) is 0 Å². The molecule has 1 aliphatic carbocycles. The third-order valence-electron chi connectivity index (χ3n) is 4.72. The average molecular weight is 309 g/mol. The van der Waals surface area contributed by atoms with Crippen LogP contribution in [0.2, 0.25) is 0 Å². The van der Waals surface area contributed by atoms with Crippen LogP contribution in [0.3, 0.4) is 0 Å². The summed E-state index contributed by atoms with van der Waals surface area (Å²) in [5.74, 6) is 0.370. The first-order valence-corrected chi connectivity index (χ1v) is 9.90. The quantitative estimate of drug-likeness (QED) is 0.879. The summed E-state index contributed by atoms with van der Waals surface area (Å²) in [5.41, 5.74) is 7.67. The van der Waals surface area contributed by atoms with Gasteiger partial charge >= 0.3 is 0 Å². The van der Waals surface area contributed by atoms with Gasteiger partial charge in [-0.15, -0.1) is 0 Å². The predicted octanol–water partition coefficient (Wildman–Crippen LogP) is 2.94. The Bertz CT molecular complexity index is 527. The molecule has 1 saturated carbocycles. The molecular weight excluding hydrogens is 282 g/mol. The highest BCUT2D eigenvalue weighted by Gasteiger charge is 2.31. The van der Waals surface area contributed by atoms with Crippen LogP contribution in [0.25, 0.3) is 0 Å². The Labute approximate surface area is 128 Å². The number of sulfone groups is 1. The van der Waals surface area contributed by atoms with Gasteiger partial charge in [0, 0.05) is 12.3 Å². The summed E-state index contributed by atoms with van der Waals surface area (Å²) in [6, 6.07) is 10.6. The summed E-state index contributed by atoms with van der Waals surface area (Å²) in [7, 11) is -2.91. The van der Waals surface area contributed by atoms with E-state index in [0.717, 1.165) is 44.9 Å². The van der Waals surface area contributed by atoms with Crippen LogP contribution in [-0.4, -0.2) is 26.0 Å². The summed E-state index contributed by atoms with van der Waals surface area (Å²) < 4.78 is 23.4. The van der Waals surface area contributed by atoms with E-state index in [1.807, 2.05) is 6.07 Å². The lowest BCUT2D eigenvalue weighted by atomic mass is 9.82. The topological polar surface area (TPSA) is 60.2 Å². The minimum atomic E-state index is -2.91. The Morgan fingerprint density at radius 1 is 1.24 bits per heavy atom. The van der Waals surface area contributed by atoms with Gasteiger partial charge in [0.2, 0.25) is 0 Å². The normalized spacial score (nSPS) is 24.7. The molecule has 0 saturated heterocycles. The molecule has 3 unspecified atom stereocenters. The maximum absolute atomic E-state index is 11.7. The van der Waals surface area contributed by atoms with Gasteiger partial charge in [-0.25, -0.2) is 8.42 Å². The van der Waals surface area contributed by atoms with E-state index in [2.05, 4.69) is 24.3 Å². The van der Waals surface area contributed by atoms with Crippen molar-refractivity contribution in [2.24, 2.45) is 11.7 Å². The van der Waals surface area contributed by atoms with E-state index in [-0.39, 0.29) is 11.3 Å². The van der Waals surface area contributed by atoms with Crippen LogP contribution in [0.1, 0.15) is 44.1 Å². The Hall–Kier alpha value is -0.870. The summed E-state index contributed by atoms with van der Waals surface area (Å²) in [4.78, 5) is 0. The van der Waals surface area contributed by atoms with Crippen molar-refractivity contribution in [3.63, 3.8) is 0 Å². The lowest BCUT2D eigenvalue weighted by Crippen LogP contribution is -2.37. The number of hydrogen-bond donors (Lipinski definition) is 1. The van der Waals surface area contributed by atoms with Crippen molar-refractivity contribution in [3.05, 3.63) is 35.9 Å². The maximum Gasteiger partial charge on any atom is 0.150 e. The first-order valence-electron chi connectivity index (χ1n) is 7.95. The summed E-state index contributed by atoms with van der Waals surface area (Å²) in [6.45, 7) is 0. The molecule has 21 heavy (non-hydrogen) atoms. The highest BCUT2D eigenvalue weighted by Crippen LogP contribution is 2.31. The van der Waals surface area contributed by atoms with E-state index in [4.69, 9.17) is 5.73 Å². The smallest absolute Gasteiger partial charge is 0.150 e. The second kappa shape index (κ2) is 7.41. The van der Waals surface area contributed by atoms with Crippen LogP contribution >= 0.6 is 0 Å². The van der Waals surface area contributed by atoms with Gasteiger partial charge in [-0.1, -0.05) is 36.8 Å². The highest BCUT2D eigenvalue weighted by atomic mass is 32.2. The average Bonchev–Trinajstić information content (AvgIpc) is 2.47. The molecule has 0 aliphatic heterocycles. The van der Waals surface area contributed by atoms with Crippen LogP contribution in [-0.2, 0) is 16.3 Å². The van der Waals surface area contributed by atoms with Crippen LogP contribution in [0.4, 0.5) is 0 Å². The van der Waals surface area contributed by atoms with E-state index >= 15 is 0 Å². The molecule has 2 rings (SSSR count). The predicted molar refractivity (Wildman–Crippen MR) is 87.9 cm³/mol. The van der Waals surface area contributed by atoms with Gasteiger partial charge in [-0.3, -0.25) is 0 Å². The van der Waals surface area contributed by atoms with Crippen molar-refractivity contribution in [1.29, 1.82) is 0 Å². The molecule has 0 amide bonds. The minimum Gasteiger partial charge on any atom is -0.327 e. The number of nitrogens with two attached hydrogens (primary N) is 1. The molecule has 3 nitrogen and oxygen atoms in total. The summed E-state index contributed by atoms with van der Waals surface area (Å²) in [5, 5.41) is -0.170. The highest BCUT2D eigenvalue weighted by molar-refractivity contribution is 7.91. The third-order valence-corrected chi connectivity index (χ3v) is 6.36. The molecule has 0 heterocycles. The second-order valence-electron chi connectivity index (χ2n) is 6.42. The molecule has 1 aromatic rings. The largest absolute Gasteiger partial charge is 0.327 e. The van der Waals surface area contributed by atoms with Gasteiger partial charge in [0.15, 0.2) is 0 Å². The molecule has 0 aromatic heterocycles. The first-order chi connectivity index (χ1) is 9.97. The number of hydrogen-bond acceptors (Lipinski definition) is 3. The Morgan fingerprint density at radius 3 is 2.62 bits per heavy atom. The number of aryl methyl sites for hydroxylation is 1. The first kappa shape index (κ1) is 16.5. The molecule has 0 bridgehead atoms. The molecule has 1 aliphatic rings. The Kier molecular flexibility index (Phi) is 5.82. The van der Waals surface area contributed by atoms with Crippen LogP contribution in [0.15, 0.2) is 30.3 Å². The monoisotopic (exact) mass is 309 g/mol. The van der Waals surface area contributed by atoms with Gasteiger partial charge in [-0.2, -0.15) is 0 Å². The standard InChI is InChI=1S/C17H27NO2S/c1-21(19,20)16-11-6-10-15(13-16)17(18)12-5-9-14-7-3-2-4-8-14/h2-4,7-8,15-17H,5-6,9-13,18H2,1H3.